The van der Waals surface area contributed by atoms with Gasteiger partial charge in [0.1, 0.15) is 11.5 Å². The Balaban J connectivity index is 1.97. The summed E-state index contributed by atoms with van der Waals surface area (Å²) in [5.74, 6) is -0.652. The third kappa shape index (κ3) is 2.51. The minimum atomic E-state index is -0.504. The highest BCUT2D eigenvalue weighted by Gasteiger charge is 2.25. The Labute approximate surface area is 126 Å². The number of hydrogen-bond acceptors (Lipinski definition) is 3. The summed E-state index contributed by atoms with van der Waals surface area (Å²) in [6.45, 7) is 3.18. The van der Waals surface area contributed by atoms with Crippen molar-refractivity contribution in [2.45, 2.75) is 19.8 Å². The minimum Gasteiger partial charge on any atom is -0.337 e. The molecule has 0 saturated carbocycles. The van der Waals surface area contributed by atoms with Crippen LogP contribution in [0.4, 0.5) is 4.39 Å². The largest absolute Gasteiger partial charge is 0.337 e. The third-order valence-electron chi connectivity index (χ3n) is 3.63. The van der Waals surface area contributed by atoms with E-state index in [4.69, 9.17) is 11.6 Å². The molecule has 21 heavy (non-hydrogen) atoms. The normalized spacial score (nSPS) is 14.7. The van der Waals surface area contributed by atoms with Gasteiger partial charge in [-0.15, -0.1) is 5.10 Å². The monoisotopic (exact) mass is 308 g/mol. The molecule has 1 amide bonds. The van der Waals surface area contributed by atoms with E-state index in [1.807, 2.05) is 0 Å². The Morgan fingerprint density at radius 1 is 1.33 bits per heavy atom. The van der Waals surface area contributed by atoms with Crippen molar-refractivity contribution in [3.63, 3.8) is 0 Å². The molecule has 1 fully saturated rings. The molecule has 1 aromatic heterocycles. The molecule has 0 unspecified atom stereocenters. The molecular weight excluding hydrogens is 295 g/mol. The molecule has 0 aliphatic carbocycles. The molecule has 5 nitrogen and oxygen atoms in total. The summed E-state index contributed by atoms with van der Waals surface area (Å²) in [7, 11) is 0. The zero-order chi connectivity index (χ0) is 15.0. The van der Waals surface area contributed by atoms with Crippen LogP contribution in [0.1, 0.15) is 29.0 Å². The molecule has 2 aromatic rings. The molecule has 0 spiro atoms. The van der Waals surface area contributed by atoms with Gasteiger partial charge >= 0.3 is 0 Å². The van der Waals surface area contributed by atoms with E-state index in [9.17, 15) is 9.18 Å². The van der Waals surface area contributed by atoms with Crippen molar-refractivity contribution >= 4 is 17.5 Å². The average molecular weight is 309 g/mol. The third-order valence-corrected chi connectivity index (χ3v) is 3.86. The summed E-state index contributed by atoms with van der Waals surface area (Å²) >= 11 is 5.74. The van der Waals surface area contributed by atoms with Crippen LogP contribution in [0.15, 0.2) is 18.2 Å². The molecule has 1 saturated heterocycles. The van der Waals surface area contributed by atoms with Crippen LogP contribution in [-0.2, 0) is 0 Å². The fourth-order valence-corrected chi connectivity index (χ4v) is 2.64. The van der Waals surface area contributed by atoms with E-state index >= 15 is 0 Å². The number of amides is 1. The smallest absolute Gasteiger partial charge is 0.276 e. The summed E-state index contributed by atoms with van der Waals surface area (Å²) in [6.07, 6.45) is 2.01. The van der Waals surface area contributed by atoms with Crippen molar-refractivity contribution in [2.75, 3.05) is 13.1 Å². The molecule has 3 rings (SSSR count). The number of aromatic nitrogens is 3. The second-order valence-electron chi connectivity index (χ2n) is 5.03. The number of hydrogen-bond donors (Lipinski definition) is 0. The summed E-state index contributed by atoms with van der Waals surface area (Å²) in [5, 5.41) is 8.14. The lowest BCUT2D eigenvalue weighted by Gasteiger charge is -2.13. The predicted molar refractivity (Wildman–Crippen MR) is 76.2 cm³/mol. The highest BCUT2D eigenvalue weighted by Crippen LogP contribution is 2.21. The molecule has 1 aromatic carbocycles. The van der Waals surface area contributed by atoms with Crippen LogP contribution in [0.25, 0.3) is 5.69 Å². The minimum absolute atomic E-state index is 0.148. The highest BCUT2D eigenvalue weighted by atomic mass is 35.5. The van der Waals surface area contributed by atoms with Gasteiger partial charge in [0.25, 0.3) is 5.91 Å². The summed E-state index contributed by atoms with van der Waals surface area (Å²) < 4.78 is 15.3. The van der Waals surface area contributed by atoms with Crippen LogP contribution in [0.5, 0.6) is 0 Å². The molecular formula is C14H14ClFN4O. The fraction of sp³-hybridized carbons (Fsp3) is 0.357. The molecule has 0 atom stereocenters. The quantitative estimate of drug-likeness (QED) is 0.857. The molecule has 1 aliphatic heterocycles. The number of carbonyl (C=O) groups is 1. The van der Waals surface area contributed by atoms with Crippen LogP contribution in [0.3, 0.4) is 0 Å². The van der Waals surface area contributed by atoms with Gasteiger partial charge < -0.3 is 4.90 Å². The Bertz CT molecular complexity index is 694. The van der Waals surface area contributed by atoms with Crippen LogP contribution >= 0.6 is 11.6 Å². The van der Waals surface area contributed by atoms with Gasteiger partial charge in [0.15, 0.2) is 5.69 Å². The molecule has 0 N–H and O–H groups in total. The first-order valence-electron chi connectivity index (χ1n) is 6.75. The van der Waals surface area contributed by atoms with E-state index < -0.39 is 5.82 Å². The molecule has 110 valence electrons. The van der Waals surface area contributed by atoms with Gasteiger partial charge in [-0.2, -0.15) is 0 Å². The van der Waals surface area contributed by atoms with Crippen LogP contribution in [0.2, 0.25) is 5.02 Å². The van der Waals surface area contributed by atoms with Crippen molar-refractivity contribution in [2.24, 2.45) is 0 Å². The van der Waals surface area contributed by atoms with Gasteiger partial charge in [0, 0.05) is 18.1 Å². The molecule has 2 heterocycles. The predicted octanol–water partition coefficient (Wildman–Crippen LogP) is 2.60. The molecule has 7 heteroatoms. The number of nitrogens with zero attached hydrogens (tertiary/aromatic N) is 4. The SMILES string of the molecule is Cc1c(C(=O)N2CCCC2)nnn1-c1ccc(Cl)cc1F. The fourth-order valence-electron chi connectivity index (χ4n) is 2.48. The summed E-state index contributed by atoms with van der Waals surface area (Å²) in [6, 6.07) is 4.30. The first-order valence-corrected chi connectivity index (χ1v) is 7.12. The van der Waals surface area contributed by atoms with Crippen LogP contribution < -0.4 is 0 Å². The van der Waals surface area contributed by atoms with Crippen molar-refractivity contribution in [3.05, 3.63) is 40.4 Å². The lowest BCUT2D eigenvalue weighted by Crippen LogP contribution is -2.28. The van der Waals surface area contributed by atoms with Crippen LogP contribution in [-0.4, -0.2) is 38.9 Å². The standard InChI is InChI=1S/C14H14ClFN4O/c1-9-13(14(21)19-6-2-3-7-19)17-18-20(9)12-5-4-10(15)8-11(12)16/h4-5,8H,2-3,6-7H2,1H3. The number of benzene rings is 1. The van der Waals surface area contributed by atoms with Crippen molar-refractivity contribution in [1.29, 1.82) is 0 Å². The van der Waals surface area contributed by atoms with E-state index in [2.05, 4.69) is 10.3 Å². The average Bonchev–Trinajstić information content (AvgIpc) is 3.08. The highest BCUT2D eigenvalue weighted by molar-refractivity contribution is 6.30. The van der Waals surface area contributed by atoms with Crippen molar-refractivity contribution in [3.8, 4) is 5.69 Å². The number of halogens is 2. The topological polar surface area (TPSA) is 51.0 Å². The van der Waals surface area contributed by atoms with Gasteiger partial charge in [0.2, 0.25) is 0 Å². The lowest BCUT2D eigenvalue weighted by atomic mass is 10.2. The lowest BCUT2D eigenvalue weighted by molar-refractivity contribution is 0.0786. The van der Waals surface area contributed by atoms with E-state index in [0.717, 1.165) is 25.9 Å². The van der Waals surface area contributed by atoms with Gasteiger partial charge in [-0.05, 0) is 38.0 Å². The van der Waals surface area contributed by atoms with Gasteiger partial charge in [-0.3, -0.25) is 4.79 Å². The van der Waals surface area contributed by atoms with E-state index in [1.54, 1.807) is 17.9 Å². The Morgan fingerprint density at radius 3 is 2.71 bits per heavy atom. The Morgan fingerprint density at radius 2 is 2.05 bits per heavy atom. The van der Waals surface area contributed by atoms with E-state index in [-0.39, 0.29) is 17.3 Å². The Kier molecular flexibility index (Phi) is 3.63. The second kappa shape index (κ2) is 5.44. The summed E-state index contributed by atoms with van der Waals surface area (Å²) in [5.41, 5.74) is 1.02. The maximum atomic E-state index is 14.0. The number of rotatable bonds is 2. The van der Waals surface area contributed by atoms with Crippen LogP contribution in [0, 0.1) is 12.7 Å². The summed E-state index contributed by atoms with van der Waals surface area (Å²) in [4.78, 5) is 14.1. The maximum Gasteiger partial charge on any atom is 0.276 e. The van der Waals surface area contributed by atoms with E-state index in [0.29, 0.717) is 10.7 Å². The number of carbonyl (C=O) groups excluding carboxylic acids is 1. The first-order chi connectivity index (χ1) is 10.1. The van der Waals surface area contributed by atoms with Gasteiger partial charge in [-0.1, -0.05) is 16.8 Å². The second-order valence-corrected chi connectivity index (χ2v) is 5.47. The zero-order valence-electron chi connectivity index (χ0n) is 11.5. The molecule has 0 bridgehead atoms. The van der Waals surface area contributed by atoms with Crippen molar-refractivity contribution < 1.29 is 9.18 Å². The van der Waals surface area contributed by atoms with Gasteiger partial charge in [0.05, 0.1) is 5.69 Å². The van der Waals surface area contributed by atoms with Crippen molar-refractivity contribution in [1.82, 2.24) is 19.9 Å². The molecule has 0 radical (unpaired) electrons. The van der Waals surface area contributed by atoms with E-state index in [1.165, 1.54) is 16.8 Å². The van der Waals surface area contributed by atoms with Gasteiger partial charge in [-0.25, -0.2) is 9.07 Å². The zero-order valence-corrected chi connectivity index (χ0v) is 12.3. The first kappa shape index (κ1) is 14.0. The maximum absolute atomic E-state index is 14.0. The number of likely N-dealkylation sites (tertiary alicyclic amines) is 1. The Hall–Kier alpha value is -1.95. The molecule has 1 aliphatic rings.